The molecule has 0 aliphatic heterocycles. The van der Waals surface area contributed by atoms with Crippen LogP contribution in [0.1, 0.15) is 39.0 Å². The minimum absolute atomic E-state index is 0.195. The number of imidazole rings is 1. The fraction of sp³-hybridized carbons (Fsp3) is 0.562. The van der Waals surface area contributed by atoms with Gasteiger partial charge in [0.25, 0.3) is 0 Å². The van der Waals surface area contributed by atoms with Crippen LogP contribution >= 0.6 is 22.6 Å². The van der Waals surface area contributed by atoms with Gasteiger partial charge in [0.1, 0.15) is 5.82 Å². The lowest BCUT2D eigenvalue weighted by Gasteiger charge is -2.28. The Morgan fingerprint density at radius 2 is 1.95 bits per heavy atom. The number of benzene rings is 1. The zero-order valence-electron chi connectivity index (χ0n) is 12.3. The van der Waals surface area contributed by atoms with E-state index in [1.54, 1.807) is 12.1 Å². The molecule has 3 rings (SSSR count). The fourth-order valence-corrected chi connectivity index (χ4v) is 3.86. The summed E-state index contributed by atoms with van der Waals surface area (Å²) < 4.78 is 16.4. The first kappa shape index (κ1) is 15.1. The van der Waals surface area contributed by atoms with Gasteiger partial charge in [0.2, 0.25) is 5.95 Å². The second kappa shape index (κ2) is 6.10. The Morgan fingerprint density at radius 3 is 2.62 bits per heavy atom. The molecule has 1 fully saturated rings. The summed E-state index contributed by atoms with van der Waals surface area (Å²) in [5.74, 6) is 1.83. The molecule has 1 aromatic carbocycles. The molecule has 114 valence electrons. The van der Waals surface area contributed by atoms with Crippen molar-refractivity contribution >= 4 is 39.6 Å². The van der Waals surface area contributed by atoms with Gasteiger partial charge in [-0.25, -0.2) is 9.37 Å². The standard InChI is InChI=1S/C16H21FIN3/c1-2-10-3-5-11(6-4-10)9-21-15-7-12(17)13(18)8-14(15)20-16(21)19/h7-8,10-11H,2-6,9H2,1H3,(H2,19,20). The Balaban J connectivity index is 1.84. The van der Waals surface area contributed by atoms with Gasteiger partial charge >= 0.3 is 0 Å². The van der Waals surface area contributed by atoms with Crippen molar-refractivity contribution < 1.29 is 4.39 Å². The second-order valence-corrected chi connectivity index (χ2v) is 7.29. The molecular formula is C16H21FIN3. The van der Waals surface area contributed by atoms with Crippen LogP contribution in [-0.2, 0) is 6.54 Å². The third-order valence-electron chi connectivity index (χ3n) is 4.80. The molecule has 0 radical (unpaired) electrons. The maximum absolute atomic E-state index is 13.8. The van der Waals surface area contributed by atoms with Gasteiger partial charge in [-0.3, -0.25) is 0 Å². The fourth-order valence-electron chi connectivity index (χ4n) is 3.41. The largest absolute Gasteiger partial charge is 0.369 e. The highest BCUT2D eigenvalue weighted by Gasteiger charge is 2.22. The van der Waals surface area contributed by atoms with E-state index >= 15 is 0 Å². The number of nitrogens with two attached hydrogens (primary N) is 1. The average Bonchev–Trinajstić information content (AvgIpc) is 2.76. The van der Waals surface area contributed by atoms with Gasteiger partial charge in [0.05, 0.1) is 14.6 Å². The van der Waals surface area contributed by atoms with Crippen LogP contribution < -0.4 is 5.73 Å². The Hall–Kier alpha value is -0.850. The summed E-state index contributed by atoms with van der Waals surface area (Å²) in [5.41, 5.74) is 7.67. The van der Waals surface area contributed by atoms with Gasteiger partial charge in [0.15, 0.2) is 0 Å². The molecule has 0 unspecified atom stereocenters. The van der Waals surface area contributed by atoms with Crippen molar-refractivity contribution in [1.29, 1.82) is 0 Å². The molecule has 2 N–H and O–H groups in total. The maximum Gasteiger partial charge on any atom is 0.201 e. The van der Waals surface area contributed by atoms with Crippen LogP contribution in [0.15, 0.2) is 12.1 Å². The lowest BCUT2D eigenvalue weighted by Crippen LogP contribution is -2.19. The van der Waals surface area contributed by atoms with E-state index < -0.39 is 0 Å². The van der Waals surface area contributed by atoms with Crippen LogP contribution in [0.25, 0.3) is 11.0 Å². The molecule has 3 nitrogen and oxygen atoms in total. The highest BCUT2D eigenvalue weighted by molar-refractivity contribution is 14.1. The number of anilines is 1. The van der Waals surface area contributed by atoms with Crippen LogP contribution in [0.3, 0.4) is 0 Å². The number of nitrogens with zero attached hydrogens (tertiary/aromatic N) is 2. The predicted molar refractivity (Wildman–Crippen MR) is 92.6 cm³/mol. The second-order valence-electron chi connectivity index (χ2n) is 6.13. The number of rotatable bonds is 3. The summed E-state index contributed by atoms with van der Waals surface area (Å²) in [5, 5.41) is 0. The quantitative estimate of drug-likeness (QED) is 0.766. The monoisotopic (exact) mass is 401 g/mol. The van der Waals surface area contributed by atoms with E-state index in [0.29, 0.717) is 15.4 Å². The smallest absolute Gasteiger partial charge is 0.201 e. The summed E-state index contributed by atoms with van der Waals surface area (Å²) in [7, 11) is 0. The number of fused-ring (bicyclic) bond motifs is 1. The first-order valence-electron chi connectivity index (χ1n) is 7.69. The van der Waals surface area contributed by atoms with Crippen molar-refractivity contribution in [1.82, 2.24) is 9.55 Å². The molecule has 0 spiro atoms. The molecule has 1 saturated carbocycles. The Morgan fingerprint density at radius 1 is 1.29 bits per heavy atom. The molecule has 1 aromatic heterocycles. The molecule has 1 heterocycles. The average molecular weight is 401 g/mol. The van der Waals surface area contributed by atoms with Crippen molar-refractivity contribution in [2.45, 2.75) is 45.6 Å². The SMILES string of the molecule is CCC1CCC(Cn2c(N)nc3cc(I)c(F)cc32)CC1. The van der Waals surface area contributed by atoms with Crippen molar-refractivity contribution in [3.8, 4) is 0 Å². The summed E-state index contributed by atoms with van der Waals surface area (Å²) in [6.45, 7) is 3.13. The van der Waals surface area contributed by atoms with Crippen molar-refractivity contribution in [2.75, 3.05) is 5.73 Å². The number of hydrogen-bond donors (Lipinski definition) is 1. The summed E-state index contributed by atoms with van der Waals surface area (Å²) in [6, 6.07) is 3.34. The molecule has 0 atom stereocenters. The highest BCUT2D eigenvalue weighted by atomic mass is 127. The van der Waals surface area contributed by atoms with Crippen LogP contribution in [0.2, 0.25) is 0 Å². The number of halogens is 2. The van der Waals surface area contributed by atoms with Crippen LogP contribution in [-0.4, -0.2) is 9.55 Å². The first-order chi connectivity index (χ1) is 10.1. The molecule has 0 bridgehead atoms. The molecule has 0 amide bonds. The van der Waals surface area contributed by atoms with Crippen LogP contribution in [0, 0.1) is 21.2 Å². The molecule has 1 aliphatic carbocycles. The normalized spacial score (nSPS) is 22.8. The Bertz CT molecular complexity index is 644. The molecule has 5 heteroatoms. The van der Waals surface area contributed by atoms with Gasteiger partial charge in [-0.05, 0) is 53.3 Å². The third kappa shape index (κ3) is 3.03. The van der Waals surface area contributed by atoms with Gasteiger partial charge in [-0.15, -0.1) is 0 Å². The van der Waals surface area contributed by atoms with E-state index in [9.17, 15) is 4.39 Å². The summed E-state index contributed by atoms with van der Waals surface area (Å²) in [4.78, 5) is 4.38. The lowest BCUT2D eigenvalue weighted by molar-refractivity contribution is 0.250. The minimum atomic E-state index is -0.195. The minimum Gasteiger partial charge on any atom is -0.369 e. The molecule has 1 aliphatic rings. The van der Waals surface area contributed by atoms with Crippen molar-refractivity contribution in [3.05, 3.63) is 21.5 Å². The van der Waals surface area contributed by atoms with Crippen LogP contribution in [0.5, 0.6) is 0 Å². The van der Waals surface area contributed by atoms with E-state index in [1.165, 1.54) is 32.1 Å². The van der Waals surface area contributed by atoms with Crippen molar-refractivity contribution in [3.63, 3.8) is 0 Å². The molecule has 2 aromatic rings. The van der Waals surface area contributed by atoms with Crippen LogP contribution in [0.4, 0.5) is 10.3 Å². The zero-order chi connectivity index (χ0) is 15.0. The zero-order valence-corrected chi connectivity index (χ0v) is 14.4. The Kier molecular flexibility index (Phi) is 4.38. The van der Waals surface area contributed by atoms with Gasteiger partial charge in [0, 0.05) is 12.6 Å². The first-order valence-corrected chi connectivity index (χ1v) is 8.77. The predicted octanol–water partition coefficient (Wildman–Crippen LogP) is 4.58. The molecule has 0 saturated heterocycles. The number of nitrogen functional groups attached to an aromatic ring is 1. The Labute approximate surface area is 138 Å². The maximum atomic E-state index is 13.8. The number of hydrogen-bond acceptors (Lipinski definition) is 2. The summed E-state index contributed by atoms with van der Waals surface area (Å²) in [6.07, 6.45) is 6.38. The van der Waals surface area contributed by atoms with E-state index in [0.717, 1.165) is 23.5 Å². The third-order valence-corrected chi connectivity index (χ3v) is 5.63. The summed E-state index contributed by atoms with van der Waals surface area (Å²) >= 11 is 1.99. The van der Waals surface area contributed by atoms with Gasteiger partial charge < -0.3 is 10.3 Å². The van der Waals surface area contributed by atoms with Crippen molar-refractivity contribution in [2.24, 2.45) is 11.8 Å². The van der Waals surface area contributed by atoms with Gasteiger partial charge in [-0.2, -0.15) is 0 Å². The molecular weight excluding hydrogens is 380 g/mol. The molecule has 21 heavy (non-hydrogen) atoms. The van der Waals surface area contributed by atoms with E-state index in [1.807, 2.05) is 27.2 Å². The van der Waals surface area contributed by atoms with E-state index in [-0.39, 0.29) is 5.82 Å². The number of aromatic nitrogens is 2. The van der Waals surface area contributed by atoms with E-state index in [2.05, 4.69) is 11.9 Å². The van der Waals surface area contributed by atoms with Gasteiger partial charge in [-0.1, -0.05) is 26.2 Å². The highest BCUT2D eigenvalue weighted by Crippen LogP contribution is 2.33. The topological polar surface area (TPSA) is 43.8 Å². The lowest BCUT2D eigenvalue weighted by atomic mass is 9.81. The van der Waals surface area contributed by atoms with E-state index in [4.69, 9.17) is 5.73 Å².